The average Bonchev–Trinajstić information content (AvgIpc) is 3.41. The summed E-state index contributed by atoms with van der Waals surface area (Å²) >= 11 is 1.58. The highest BCUT2D eigenvalue weighted by Crippen LogP contribution is 2.25. The first kappa shape index (κ1) is 20.7. The Morgan fingerprint density at radius 1 is 1.13 bits per heavy atom. The van der Waals surface area contributed by atoms with Gasteiger partial charge >= 0.3 is 0 Å². The van der Waals surface area contributed by atoms with E-state index in [1.807, 2.05) is 12.5 Å². The third kappa shape index (κ3) is 4.80. The number of hydrogen-bond donors (Lipinski definition) is 0. The smallest absolute Gasteiger partial charge is 0.269 e. The molecule has 0 radical (unpaired) electrons. The van der Waals surface area contributed by atoms with Gasteiger partial charge < -0.3 is 9.13 Å². The minimum Gasteiger partial charge on any atom is -0.337 e. The average molecular weight is 434 g/mol. The molecule has 0 spiro atoms. The molecule has 0 aliphatic rings. The van der Waals surface area contributed by atoms with E-state index in [0.29, 0.717) is 0 Å². The molecule has 0 unspecified atom stereocenters. The Kier molecular flexibility index (Phi) is 6.08. The van der Waals surface area contributed by atoms with Crippen molar-refractivity contribution in [3.8, 4) is 11.3 Å². The van der Waals surface area contributed by atoms with Gasteiger partial charge in [0.1, 0.15) is 0 Å². The maximum Gasteiger partial charge on any atom is 0.269 e. The zero-order valence-electron chi connectivity index (χ0n) is 17.4. The maximum absolute atomic E-state index is 11.0. The lowest BCUT2D eigenvalue weighted by Crippen LogP contribution is -2.17. The Labute approximate surface area is 184 Å². The van der Waals surface area contributed by atoms with E-state index in [2.05, 4.69) is 51.5 Å². The fourth-order valence-corrected chi connectivity index (χ4v) is 4.34. The summed E-state index contributed by atoms with van der Waals surface area (Å²) in [5, 5.41) is 13.1. The van der Waals surface area contributed by atoms with Gasteiger partial charge in [-0.1, -0.05) is 12.1 Å². The predicted molar refractivity (Wildman–Crippen MR) is 122 cm³/mol. The second-order valence-electron chi connectivity index (χ2n) is 7.41. The molecular formula is C23H23N5O2S. The summed E-state index contributed by atoms with van der Waals surface area (Å²) in [6.07, 6.45) is 6.46. The third-order valence-electron chi connectivity index (χ3n) is 5.11. The van der Waals surface area contributed by atoms with Crippen LogP contribution in [0.3, 0.4) is 0 Å². The van der Waals surface area contributed by atoms with Crippen LogP contribution in [-0.2, 0) is 13.1 Å². The number of rotatable bonds is 7. The second kappa shape index (κ2) is 9.09. The number of aromatic nitrogens is 3. The van der Waals surface area contributed by atoms with Gasteiger partial charge in [-0.3, -0.25) is 10.1 Å². The molecule has 0 aliphatic carbocycles. The van der Waals surface area contributed by atoms with Crippen molar-refractivity contribution in [1.29, 1.82) is 0 Å². The standard InChI is InChI=1S/C23H23N5O2S/c1-17-4-5-18(2)21(14-17)25-23-27(12-3-11-26-13-10-24-16-26)22(15-31-23)19-6-8-20(9-7-19)28(29)30/h4-10,13-16H,3,11-12H2,1-2H3. The van der Waals surface area contributed by atoms with Gasteiger partial charge in [0.2, 0.25) is 0 Å². The Balaban J connectivity index is 1.73. The van der Waals surface area contributed by atoms with Crippen molar-refractivity contribution in [2.45, 2.75) is 33.4 Å². The fourth-order valence-electron chi connectivity index (χ4n) is 3.39. The summed E-state index contributed by atoms with van der Waals surface area (Å²) in [5.74, 6) is 0. The summed E-state index contributed by atoms with van der Waals surface area (Å²) in [5.41, 5.74) is 5.29. The quantitative estimate of drug-likeness (QED) is 0.295. The molecular weight excluding hydrogens is 410 g/mol. The lowest BCUT2D eigenvalue weighted by atomic mass is 10.1. The molecule has 8 heteroatoms. The van der Waals surface area contributed by atoms with Crippen LogP contribution in [0.15, 0.2) is 71.6 Å². The zero-order chi connectivity index (χ0) is 21.8. The van der Waals surface area contributed by atoms with Gasteiger partial charge in [-0.25, -0.2) is 9.98 Å². The predicted octanol–water partition coefficient (Wildman–Crippen LogP) is 5.26. The molecule has 4 rings (SSSR count). The number of nitro groups is 1. The van der Waals surface area contributed by atoms with Crippen LogP contribution in [0.5, 0.6) is 0 Å². The van der Waals surface area contributed by atoms with Gasteiger partial charge in [-0.05, 0) is 55.2 Å². The molecule has 0 N–H and O–H groups in total. The van der Waals surface area contributed by atoms with Crippen LogP contribution in [0.25, 0.3) is 11.3 Å². The summed E-state index contributed by atoms with van der Waals surface area (Å²) in [6.45, 7) is 5.75. The van der Waals surface area contributed by atoms with E-state index in [9.17, 15) is 10.1 Å². The molecule has 0 saturated heterocycles. The number of nitrogens with zero attached hydrogens (tertiary/aromatic N) is 5. The highest BCUT2D eigenvalue weighted by Gasteiger charge is 2.11. The fraction of sp³-hybridized carbons (Fsp3) is 0.217. The number of aryl methyl sites for hydroxylation is 3. The van der Waals surface area contributed by atoms with E-state index in [1.165, 1.54) is 5.56 Å². The van der Waals surface area contributed by atoms with Crippen molar-refractivity contribution in [1.82, 2.24) is 14.1 Å². The van der Waals surface area contributed by atoms with E-state index >= 15 is 0 Å². The molecule has 31 heavy (non-hydrogen) atoms. The third-order valence-corrected chi connectivity index (χ3v) is 5.97. The topological polar surface area (TPSA) is 78.2 Å². The van der Waals surface area contributed by atoms with E-state index in [-0.39, 0.29) is 10.6 Å². The highest BCUT2D eigenvalue weighted by molar-refractivity contribution is 7.07. The highest BCUT2D eigenvalue weighted by atomic mass is 32.1. The van der Waals surface area contributed by atoms with Gasteiger partial charge in [-0.2, -0.15) is 0 Å². The first-order valence-electron chi connectivity index (χ1n) is 10.0. The zero-order valence-corrected chi connectivity index (χ0v) is 18.2. The van der Waals surface area contributed by atoms with E-state index in [4.69, 9.17) is 4.99 Å². The second-order valence-corrected chi connectivity index (χ2v) is 8.25. The number of benzene rings is 2. The van der Waals surface area contributed by atoms with Crippen molar-refractivity contribution in [3.05, 3.63) is 92.6 Å². The molecule has 0 fully saturated rings. The molecule has 2 heterocycles. The molecule has 2 aromatic carbocycles. The molecule has 0 bridgehead atoms. The van der Waals surface area contributed by atoms with Gasteiger partial charge in [0.25, 0.3) is 5.69 Å². The monoisotopic (exact) mass is 433 g/mol. The van der Waals surface area contributed by atoms with Crippen LogP contribution in [0, 0.1) is 24.0 Å². The van der Waals surface area contributed by atoms with Gasteiger partial charge in [0, 0.05) is 43.0 Å². The largest absolute Gasteiger partial charge is 0.337 e. The molecule has 158 valence electrons. The first-order valence-corrected chi connectivity index (χ1v) is 10.9. The SMILES string of the molecule is Cc1ccc(C)c(N=c2scc(-c3ccc([N+](=O)[O-])cc3)n2CCCn2ccnc2)c1. The number of thiazole rings is 1. The number of hydrogen-bond acceptors (Lipinski definition) is 5. The summed E-state index contributed by atoms with van der Waals surface area (Å²) < 4.78 is 4.25. The van der Waals surface area contributed by atoms with Gasteiger partial charge in [0.05, 0.1) is 22.6 Å². The lowest BCUT2D eigenvalue weighted by molar-refractivity contribution is -0.384. The van der Waals surface area contributed by atoms with E-state index in [1.54, 1.807) is 41.8 Å². The summed E-state index contributed by atoms with van der Waals surface area (Å²) in [6, 6.07) is 13.0. The summed E-state index contributed by atoms with van der Waals surface area (Å²) in [7, 11) is 0. The minimum absolute atomic E-state index is 0.0888. The van der Waals surface area contributed by atoms with Gasteiger partial charge in [0.15, 0.2) is 4.80 Å². The van der Waals surface area contributed by atoms with Crippen LogP contribution < -0.4 is 4.80 Å². The molecule has 2 aromatic heterocycles. The van der Waals surface area contributed by atoms with Crippen molar-refractivity contribution in [2.75, 3.05) is 0 Å². The van der Waals surface area contributed by atoms with Crippen LogP contribution in [0.2, 0.25) is 0 Å². The molecule has 0 atom stereocenters. The Morgan fingerprint density at radius 2 is 1.94 bits per heavy atom. The molecule has 0 saturated carbocycles. The Bertz CT molecular complexity index is 1250. The number of imidazole rings is 1. The van der Waals surface area contributed by atoms with Crippen molar-refractivity contribution in [3.63, 3.8) is 0 Å². The maximum atomic E-state index is 11.0. The van der Waals surface area contributed by atoms with E-state index < -0.39 is 0 Å². The Morgan fingerprint density at radius 3 is 2.65 bits per heavy atom. The lowest BCUT2D eigenvalue weighted by Gasteiger charge is -2.10. The van der Waals surface area contributed by atoms with E-state index in [0.717, 1.165) is 46.8 Å². The van der Waals surface area contributed by atoms with Gasteiger partial charge in [-0.15, -0.1) is 11.3 Å². The normalized spacial score (nSPS) is 11.7. The van der Waals surface area contributed by atoms with Crippen LogP contribution in [0.1, 0.15) is 17.5 Å². The minimum atomic E-state index is -0.377. The Hall–Kier alpha value is -3.52. The molecule has 7 nitrogen and oxygen atoms in total. The molecule has 4 aromatic rings. The number of non-ortho nitro benzene ring substituents is 1. The van der Waals surface area contributed by atoms with Crippen molar-refractivity contribution >= 4 is 22.7 Å². The van der Waals surface area contributed by atoms with Crippen molar-refractivity contribution in [2.24, 2.45) is 4.99 Å². The van der Waals surface area contributed by atoms with Crippen LogP contribution in [0.4, 0.5) is 11.4 Å². The first-order chi connectivity index (χ1) is 15.0. The summed E-state index contributed by atoms with van der Waals surface area (Å²) in [4.78, 5) is 20.6. The molecule has 0 amide bonds. The van der Waals surface area contributed by atoms with Crippen LogP contribution >= 0.6 is 11.3 Å². The van der Waals surface area contributed by atoms with Crippen molar-refractivity contribution < 1.29 is 4.92 Å². The molecule has 0 aliphatic heterocycles. The van der Waals surface area contributed by atoms with Crippen LogP contribution in [-0.4, -0.2) is 19.0 Å². The number of nitro benzene ring substituents is 1.